The number of rotatable bonds is 6. The van der Waals surface area contributed by atoms with Gasteiger partial charge in [-0.3, -0.25) is 4.90 Å². The molecule has 0 radical (unpaired) electrons. The minimum Gasteiger partial charge on any atom is -0.493 e. The van der Waals surface area contributed by atoms with Crippen LogP contribution in [0.5, 0.6) is 11.5 Å². The van der Waals surface area contributed by atoms with E-state index in [0.717, 1.165) is 36.3 Å². The van der Waals surface area contributed by atoms with Crippen molar-refractivity contribution < 1.29 is 14.2 Å². The third-order valence-electron chi connectivity index (χ3n) is 5.99. The quantitative estimate of drug-likeness (QED) is 0.478. The molecule has 3 aromatic rings. The first-order chi connectivity index (χ1) is 15.6. The molecule has 2 fully saturated rings. The summed E-state index contributed by atoms with van der Waals surface area (Å²) < 4.78 is 17.7. The zero-order chi connectivity index (χ0) is 22.1. The lowest BCUT2D eigenvalue weighted by molar-refractivity contribution is -0.0655. The average Bonchev–Trinajstić information content (AvgIpc) is 3.27. The van der Waals surface area contributed by atoms with E-state index in [1.54, 1.807) is 19.2 Å². The Kier molecular flexibility index (Phi) is 7.66. The summed E-state index contributed by atoms with van der Waals surface area (Å²) in [5, 5.41) is 5.04. The maximum Gasteiger partial charge on any atom is 0.163 e. The highest BCUT2D eigenvalue weighted by Gasteiger charge is 2.32. The number of fused-ring (bicyclic) bond motifs is 2. The number of hydrogen-bond donors (Lipinski definition) is 1. The molecule has 0 saturated carbocycles. The lowest BCUT2D eigenvalue weighted by atomic mass is 10.2. The summed E-state index contributed by atoms with van der Waals surface area (Å²) in [6.07, 6.45) is 4.03. The lowest BCUT2D eigenvalue weighted by Gasteiger charge is -2.35. The molecule has 3 heterocycles. The SMILES string of the molecule is COc1cc2c(Nc3ccc(Cl)c(Cl)c3)ncnc2cc1OC[C@@H]1CN2CCC[C@H]2CO1.Cl. The fourth-order valence-corrected chi connectivity index (χ4v) is 4.61. The van der Waals surface area contributed by atoms with Gasteiger partial charge in [0.2, 0.25) is 0 Å². The van der Waals surface area contributed by atoms with Gasteiger partial charge in [-0.05, 0) is 43.7 Å². The molecular weight excluding hydrogens is 487 g/mol. The molecule has 0 amide bonds. The molecule has 2 saturated heterocycles. The van der Waals surface area contributed by atoms with Crippen LogP contribution in [0.25, 0.3) is 10.9 Å². The van der Waals surface area contributed by atoms with Gasteiger partial charge in [0.05, 0.1) is 29.3 Å². The van der Waals surface area contributed by atoms with Gasteiger partial charge in [-0.2, -0.15) is 0 Å². The summed E-state index contributed by atoms with van der Waals surface area (Å²) in [7, 11) is 1.62. The normalized spacial score (nSPS) is 20.2. The largest absolute Gasteiger partial charge is 0.493 e. The van der Waals surface area contributed by atoms with Gasteiger partial charge in [0.1, 0.15) is 24.9 Å². The van der Waals surface area contributed by atoms with E-state index in [1.165, 1.54) is 19.2 Å². The second-order valence-corrected chi connectivity index (χ2v) is 8.87. The minimum atomic E-state index is 0. The Bertz CT molecular complexity index is 1130. The molecule has 2 aliphatic rings. The van der Waals surface area contributed by atoms with Gasteiger partial charge in [-0.15, -0.1) is 12.4 Å². The van der Waals surface area contributed by atoms with Crippen molar-refractivity contribution in [1.82, 2.24) is 14.9 Å². The molecule has 5 rings (SSSR count). The molecule has 10 heteroatoms. The van der Waals surface area contributed by atoms with E-state index in [0.29, 0.717) is 40.0 Å². The van der Waals surface area contributed by atoms with Crippen LogP contribution >= 0.6 is 35.6 Å². The number of methoxy groups -OCH3 is 1. The van der Waals surface area contributed by atoms with Crippen molar-refractivity contribution >= 4 is 58.0 Å². The molecular formula is C23H25Cl3N4O3. The fraction of sp³-hybridized carbons (Fsp3) is 0.391. The van der Waals surface area contributed by atoms with E-state index in [9.17, 15) is 0 Å². The van der Waals surface area contributed by atoms with Gasteiger partial charge < -0.3 is 19.5 Å². The number of halogens is 3. The lowest BCUT2D eigenvalue weighted by Crippen LogP contribution is -2.48. The summed E-state index contributed by atoms with van der Waals surface area (Å²) >= 11 is 12.2. The van der Waals surface area contributed by atoms with Crippen LogP contribution in [-0.4, -0.2) is 60.4 Å². The maximum absolute atomic E-state index is 6.14. The number of ether oxygens (including phenoxy) is 3. The standard InChI is InChI=1S/C23H24Cl2N4O3.ClH/c1-30-21-8-17-20(26-13-27-23(17)28-14-4-5-18(24)19(25)7-14)9-22(21)32-12-16-10-29-6-2-3-15(29)11-31-16;/h4-5,7-9,13,15-16H,2-3,6,10-12H2,1H3,(H,26,27,28);1H/t15-,16-;/m0./s1. The third-order valence-corrected chi connectivity index (χ3v) is 6.73. The second kappa shape index (κ2) is 10.5. The first-order valence-electron chi connectivity index (χ1n) is 10.6. The second-order valence-electron chi connectivity index (χ2n) is 8.05. The van der Waals surface area contributed by atoms with Gasteiger partial charge in [-0.1, -0.05) is 23.2 Å². The van der Waals surface area contributed by atoms with Gasteiger partial charge in [-0.25, -0.2) is 9.97 Å². The van der Waals surface area contributed by atoms with Crippen molar-refractivity contribution in [2.75, 3.05) is 38.7 Å². The Morgan fingerprint density at radius 2 is 2.03 bits per heavy atom. The van der Waals surface area contributed by atoms with Crippen LogP contribution in [0.2, 0.25) is 10.0 Å². The summed E-state index contributed by atoms with van der Waals surface area (Å²) in [6, 6.07) is 9.65. The first kappa shape index (κ1) is 24.1. The summed E-state index contributed by atoms with van der Waals surface area (Å²) in [5.41, 5.74) is 1.51. The highest BCUT2D eigenvalue weighted by atomic mass is 35.5. The number of morpholine rings is 1. The van der Waals surface area contributed by atoms with Crippen molar-refractivity contribution in [3.05, 3.63) is 46.7 Å². The molecule has 176 valence electrons. The van der Waals surface area contributed by atoms with E-state index < -0.39 is 0 Å². The maximum atomic E-state index is 6.14. The van der Waals surface area contributed by atoms with Gasteiger partial charge in [0, 0.05) is 29.7 Å². The van der Waals surface area contributed by atoms with Crippen LogP contribution in [0.4, 0.5) is 11.5 Å². The Morgan fingerprint density at radius 3 is 2.85 bits per heavy atom. The molecule has 1 aromatic heterocycles. The monoisotopic (exact) mass is 510 g/mol. The number of nitrogens with one attached hydrogen (secondary N) is 1. The smallest absolute Gasteiger partial charge is 0.163 e. The molecule has 2 aromatic carbocycles. The zero-order valence-corrected chi connectivity index (χ0v) is 20.4. The number of nitrogens with zero attached hydrogens (tertiary/aromatic N) is 3. The Balaban J connectivity index is 0.00000259. The molecule has 0 aliphatic carbocycles. The average molecular weight is 512 g/mol. The molecule has 0 bridgehead atoms. The molecule has 33 heavy (non-hydrogen) atoms. The van der Waals surface area contributed by atoms with E-state index >= 15 is 0 Å². The molecule has 2 atom stereocenters. The summed E-state index contributed by atoms with van der Waals surface area (Å²) in [4.78, 5) is 11.3. The molecule has 0 spiro atoms. The summed E-state index contributed by atoms with van der Waals surface area (Å²) in [6.45, 7) is 3.29. The summed E-state index contributed by atoms with van der Waals surface area (Å²) in [5.74, 6) is 1.87. The Morgan fingerprint density at radius 1 is 1.15 bits per heavy atom. The van der Waals surface area contributed by atoms with Crippen molar-refractivity contribution in [3.8, 4) is 11.5 Å². The first-order valence-corrected chi connectivity index (χ1v) is 11.4. The van der Waals surface area contributed by atoms with Crippen molar-refractivity contribution in [1.29, 1.82) is 0 Å². The van der Waals surface area contributed by atoms with Crippen LogP contribution in [-0.2, 0) is 4.74 Å². The number of anilines is 2. The topological polar surface area (TPSA) is 68.7 Å². The molecule has 7 nitrogen and oxygen atoms in total. The highest BCUT2D eigenvalue weighted by molar-refractivity contribution is 6.42. The van der Waals surface area contributed by atoms with Crippen LogP contribution in [0.1, 0.15) is 12.8 Å². The molecule has 1 N–H and O–H groups in total. The zero-order valence-electron chi connectivity index (χ0n) is 18.1. The van der Waals surface area contributed by atoms with Crippen molar-refractivity contribution in [3.63, 3.8) is 0 Å². The van der Waals surface area contributed by atoms with Gasteiger partial charge >= 0.3 is 0 Å². The van der Waals surface area contributed by atoms with Crippen molar-refractivity contribution in [2.45, 2.75) is 25.0 Å². The van der Waals surface area contributed by atoms with Crippen molar-refractivity contribution in [2.24, 2.45) is 0 Å². The highest BCUT2D eigenvalue weighted by Crippen LogP contribution is 2.36. The fourth-order valence-electron chi connectivity index (χ4n) is 4.32. The Labute approximate surface area is 208 Å². The van der Waals surface area contributed by atoms with E-state index in [-0.39, 0.29) is 18.5 Å². The van der Waals surface area contributed by atoms with E-state index in [4.69, 9.17) is 37.4 Å². The van der Waals surface area contributed by atoms with Crippen LogP contribution in [0, 0.1) is 0 Å². The number of hydrogen-bond acceptors (Lipinski definition) is 7. The minimum absolute atomic E-state index is 0. The predicted octanol–water partition coefficient (Wildman–Crippen LogP) is 5.35. The van der Waals surface area contributed by atoms with E-state index in [2.05, 4.69) is 20.2 Å². The van der Waals surface area contributed by atoms with Crippen LogP contribution < -0.4 is 14.8 Å². The molecule has 2 aliphatic heterocycles. The predicted molar refractivity (Wildman–Crippen MR) is 133 cm³/mol. The van der Waals surface area contributed by atoms with E-state index in [1.807, 2.05) is 18.2 Å². The number of benzene rings is 2. The van der Waals surface area contributed by atoms with Gasteiger partial charge in [0.15, 0.2) is 11.5 Å². The van der Waals surface area contributed by atoms with Gasteiger partial charge in [0.25, 0.3) is 0 Å². The van der Waals surface area contributed by atoms with Crippen LogP contribution in [0.3, 0.4) is 0 Å². The third kappa shape index (κ3) is 5.23. The Hall–Kier alpha value is -2.03. The van der Waals surface area contributed by atoms with Crippen LogP contribution in [0.15, 0.2) is 36.7 Å². The molecule has 0 unspecified atom stereocenters. The number of aromatic nitrogens is 2.